The van der Waals surface area contributed by atoms with Gasteiger partial charge in [0.15, 0.2) is 5.16 Å². The highest BCUT2D eigenvalue weighted by molar-refractivity contribution is 8.17. The predicted molar refractivity (Wildman–Crippen MR) is 83.2 cm³/mol. The highest BCUT2D eigenvalue weighted by Gasteiger charge is 2.29. The SMILES string of the molecule is COc1cc(OC)nc(SC(C(=O)O)C(SC)SC)n1. The summed E-state index contributed by atoms with van der Waals surface area (Å²) in [6.45, 7) is 0. The second-order valence-corrected chi connectivity index (χ2v) is 6.82. The summed E-state index contributed by atoms with van der Waals surface area (Å²) in [6, 6.07) is 1.54. The summed E-state index contributed by atoms with van der Waals surface area (Å²) >= 11 is 4.07. The van der Waals surface area contributed by atoms with Crippen LogP contribution in [0.1, 0.15) is 0 Å². The third-order valence-corrected chi connectivity index (χ3v) is 6.36. The summed E-state index contributed by atoms with van der Waals surface area (Å²) in [5.74, 6) is -0.212. The molecular formula is C11H16N2O4S3. The smallest absolute Gasteiger partial charge is 0.319 e. The minimum Gasteiger partial charge on any atom is -0.481 e. The molecule has 0 bridgehead atoms. The summed E-state index contributed by atoms with van der Waals surface area (Å²) in [5, 5.41) is 9.02. The van der Waals surface area contributed by atoms with E-state index in [-0.39, 0.29) is 4.58 Å². The summed E-state index contributed by atoms with van der Waals surface area (Å²) in [5.41, 5.74) is 0. The molecule has 1 heterocycles. The predicted octanol–water partition coefficient (Wildman–Crippen LogP) is 2.09. The number of ether oxygens (including phenoxy) is 2. The van der Waals surface area contributed by atoms with Gasteiger partial charge in [-0.05, 0) is 12.5 Å². The monoisotopic (exact) mass is 336 g/mol. The van der Waals surface area contributed by atoms with Crippen LogP contribution in [-0.2, 0) is 4.79 Å². The Morgan fingerprint density at radius 1 is 1.20 bits per heavy atom. The van der Waals surface area contributed by atoms with Gasteiger partial charge in [-0.15, -0.1) is 23.5 Å². The maximum absolute atomic E-state index is 11.4. The number of hydrogen-bond acceptors (Lipinski definition) is 8. The molecule has 1 unspecified atom stereocenters. The van der Waals surface area contributed by atoms with Crippen molar-refractivity contribution in [1.82, 2.24) is 9.97 Å². The van der Waals surface area contributed by atoms with Crippen LogP contribution >= 0.6 is 35.3 Å². The molecule has 112 valence electrons. The minimum absolute atomic E-state index is 0.0988. The van der Waals surface area contributed by atoms with Gasteiger partial charge in [0.05, 0.1) is 24.9 Å². The molecule has 0 saturated heterocycles. The molecule has 0 amide bonds. The van der Waals surface area contributed by atoms with Gasteiger partial charge >= 0.3 is 5.97 Å². The van der Waals surface area contributed by atoms with Gasteiger partial charge in [0.25, 0.3) is 0 Å². The Morgan fingerprint density at radius 3 is 2.05 bits per heavy atom. The van der Waals surface area contributed by atoms with E-state index < -0.39 is 11.2 Å². The largest absolute Gasteiger partial charge is 0.481 e. The zero-order chi connectivity index (χ0) is 15.1. The maximum atomic E-state index is 11.4. The number of aromatic nitrogens is 2. The van der Waals surface area contributed by atoms with Crippen LogP contribution < -0.4 is 9.47 Å². The van der Waals surface area contributed by atoms with Gasteiger partial charge in [-0.1, -0.05) is 11.8 Å². The van der Waals surface area contributed by atoms with Crippen molar-refractivity contribution in [2.75, 3.05) is 26.7 Å². The van der Waals surface area contributed by atoms with E-state index in [1.54, 1.807) is 6.07 Å². The van der Waals surface area contributed by atoms with Gasteiger partial charge in [-0.3, -0.25) is 4.79 Å². The number of carbonyl (C=O) groups is 1. The van der Waals surface area contributed by atoms with E-state index in [4.69, 9.17) is 9.47 Å². The van der Waals surface area contributed by atoms with E-state index in [0.717, 1.165) is 11.8 Å². The van der Waals surface area contributed by atoms with Gasteiger partial charge in [0.2, 0.25) is 11.8 Å². The normalized spacial score (nSPS) is 12.2. The van der Waals surface area contributed by atoms with Crippen LogP contribution in [-0.4, -0.2) is 57.6 Å². The second kappa shape index (κ2) is 8.48. The van der Waals surface area contributed by atoms with Gasteiger partial charge in [-0.2, -0.15) is 9.97 Å². The Balaban J connectivity index is 3.01. The number of rotatable bonds is 8. The highest BCUT2D eigenvalue weighted by Crippen LogP contribution is 2.34. The van der Waals surface area contributed by atoms with Crippen LogP contribution in [0.5, 0.6) is 11.8 Å². The van der Waals surface area contributed by atoms with Crippen LogP contribution in [0.3, 0.4) is 0 Å². The van der Waals surface area contributed by atoms with Crippen LogP contribution in [0.2, 0.25) is 0 Å². The first-order valence-corrected chi connectivity index (χ1v) is 8.93. The summed E-state index contributed by atoms with van der Waals surface area (Å²) < 4.78 is 10.0. The number of carboxylic acids is 1. The third kappa shape index (κ3) is 4.64. The van der Waals surface area contributed by atoms with Crippen molar-refractivity contribution in [3.8, 4) is 11.8 Å². The van der Waals surface area contributed by atoms with Crippen molar-refractivity contribution in [3.05, 3.63) is 6.07 Å². The number of methoxy groups -OCH3 is 2. The lowest BCUT2D eigenvalue weighted by Crippen LogP contribution is -2.26. The van der Waals surface area contributed by atoms with Crippen LogP contribution in [0.4, 0.5) is 0 Å². The van der Waals surface area contributed by atoms with Crippen molar-refractivity contribution < 1.29 is 19.4 Å². The van der Waals surface area contributed by atoms with Gasteiger partial charge in [0, 0.05) is 0 Å². The molecule has 1 rings (SSSR count). The van der Waals surface area contributed by atoms with Crippen LogP contribution in [0.15, 0.2) is 11.2 Å². The molecule has 6 nitrogen and oxygen atoms in total. The summed E-state index contributed by atoms with van der Waals surface area (Å²) in [6.07, 6.45) is 3.76. The number of hydrogen-bond donors (Lipinski definition) is 1. The molecular weight excluding hydrogens is 320 g/mol. The lowest BCUT2D eigenvalue weighted by Gasteiger charge is -2.19. The van der Waals surface area contributed by atoms with E-state index in [1.807, 2.05) is 12.5 Å². The van der Waals surface area contributed by atoms with Crippen molar-refractivity contribution in [3.63, 3.8) is 0 Å². The van der Waals surface area contributed by atoms with Crippen molar-refractivity contribution >= 4 is 41.3 Å². The van der Waals surface area contributed by atoms with Crippen LogP contribution in [0.25, 0.3) is 0 Å². The highest BCUT2D eigenvalue weighted by atomic mass is 32.2. The summed E-state index contributed by atoms with van der Waals surface area (Å²) in [7, 11) is 2.97. The standard InChI is InChI=1S/C11H16N2O4S3/c1-16-6-5-7(17-2)13-11(12-6)20-8(9(14)15)10(18-3)19-4/h5,8,10H,1-4H3,(H,14,15). The maximum Gasteiger partial charge on any atom is 0.319 e. The van der Waals surface area contributed by atoms with Gasteiger partial charge < -0.3 is 14.6 Å². The van der Waals surface area contributed by atoms with E-state index in [9.17, 15) is 9.90 Å². The molecule has 9 heteroatoms. The van der Waals surface area contributed by atoms with Gasteiger partial charge in [-0.25, -0.2) is 0 Å². The van der Waals surface area contributed by atoms with Crippen molar-refractivity contribution in [2.45, 2.75) is 15.0 Å². The first kappa shape index (κ1) is 17.3. The molecule has 0 aliphatic rings. The molecule has 1 N–H and O–H groups in total. The fourth-order valence-electron chi connectivity index (χ4n) is 1.32. The number of aliphatic carboxylic acids is 1. The Bertz CT molecular complexity index is 435. The zero-order valence-electron chi connectivity index (χ0n) is 11.5. The van der Waals surface area contributed by atoms with Crippen molar-refractivity contribution in [1.29, 1.82) is 0 Å². The molecule has 0 fully saturated rings. The Hall–Kier alpha value is -0.800. The number of carboxylic acid groups (broad SMARTS) is 1. The molecule has 0 aliphatic heterocycles. The fraction of sp³-hybridized carbons (Fsp3) is 0.545. The van der Waals surface area contributed by atoms with Crippen LogP contribution in [0, 0.1) is 0 Å². The van der Waals surface area contributed by atoms with Gasteiger partial charge in [0.1, 0.15) is 5.25 Å². The zero-order valence-corrected chi connectivity index (χ0v) is 14.0. The first-order valence-electron chi connectivity index (χ1n) is 5.47. The van der Waals surface area contributed by atoms with E-state index in [1.165, 1.54) is 37.7 Å². The van der Waals surface area contributed by atoms with E-state index >= 15 is 0 Å². The van der Waals surface area contributed by atoms with E-state index in [0.29, 0.717) is 16.9 Å². The molecule has 0 aromatic carbocycles. The average Bonchev–Trinajstić information content (AvgIpc) is 2.46. The average molecular weight is 336 g/mol. The first-order chi connectivity index (χ1) is 9.55. The molecule has 1 aromatic heterocycles. The Labute approximate surface area is 130 Å². The minimum atomic E-state index is -0.894. The lowest BCUT2D eigenvalue weighted by atomic mass is 10.5. The fourth-order valence-corrected chi connectivity index (χ4v) is 4.55. The van der Waals surface area contributed by atoms with Crippen molar-refractivity contribution in [2.24, 2.45) is 0 Å². The molecule has 1 atom stereocenters. The second-order valence-electron chi connectivity index (χ2n) is 3.45. The Morgan fingerprint density at radius 2 is 1.70 bits per heavy atom. The topological polar surface area (TPSA) is 81.5 Å². The molecule has 0 aliphatic carbocycles. The molecule has 20 heavy (non-hydrogen) atoms. The molecule has 1 aromatic rings. The quantitative estimate of drug-likeness (QED) is 0.436. The summed E-state index contributed by atoms with van der Waals surface area (Å²) in [4.78, 5) is 19.7. The third-order valence-electron chi connectivity index (χ3n) is 2.26. The molecule has 0 spiro atoms. The number of nitrogens with zero attached hydrogens (tertiary/aromatic N) is 2. The van der Waals surface area contributed by atoms with E-state index in [2.05, 4.69) is 9.97 Å². The number of thioether (sulfide) groups is 3. The Kier molecular flexibility index (Phi) is 7.31. The molecule has 0 radical (unpaired) electrons. The molecule has 0 saturated carbocycles. The lowest BCUT2D eigenvalue weighted by molar-refractivity contribution is -0.136.